The van der Waals surface area contributed by atoms with Gasteiger partial charge in [-0.3, -0.25) is 4.90 Å². The van der Waals surface area contributed by atoms with Gasteiger partial charge in [-0.25, -0.2) is 9.38 Å². The molecule has 2 N–H and O–H groups in total. The van der Waals surface area contributed by atoms with Crippen LogP contribution in [0.3, 0.4) is 0 Å². The number of morpholine rings is 1. The molecule has 3 rings (SSSR count). The Balaban J connectivity index is 1.58. The Labute approximate surface area is 173 Å². The lowest BCUT2D eigenvalue weighted by atomic mass is 10.1. The van der Waals surface area contributed by atoms with E-state index in [0.717, 1.165) is 45.4 Å². The number of ether oxygens (including phenoxy) is 1. The van der Waals surface area contributed by atoms with Crippen LogP contribution in [0.2, 0.25) is 0 Å². The quantitative estimate of drug-likeness (QED) is 0.530. The summed E-state index contributed by atoms with van der Waals surface area (Å²) >= 11 is 0. The molecule has 29 heavy (non-hydrogen) atoms. The van der Waals surface area contributed by atoms with Gasteiger partial charge >= 0.3 is 0 Å². The Morgan fingerprint density at radius 2 is 1.69 bits per heavy atom. The maximum atomic E-state index is 13.8. The molecule has 0 bridgehead atoms. The fourth-order valence-corrected chi connectivity index (χ4v) is 3.39. The van der Waals surface area contributed by atoms with E-state index in [4.69, 9.17) is 9.73 Å². The zero-order valence-corrected chi connectivity index (χ0v) is 17.2. The molecule has 5 nitrogen and oxygen atoms in total. The van der Waals surface area contributed by atoms with E-state index in [0.29, 0.717) is 25.1 Å². The Hall–Kier alpha value is -2.44. The van der Waals surface area contributed by atoms with Gasteiger partial charge in [0, 0.05) is 32.7 Å². The molecule has 0 aliphatic carbocycles. The summed E-state index contributed by atoms with van der Waals surface area (Å²) in [6.45, 7) is 8.52. The van der Waals surface area contributed by atoms with Gasteiger partial charge in [-0.15, -0.1) is 0 Å². The highest BCUT2D eigenvalue weighted by molar-refractivity contribution is 5.79. The SMILES string of the molecule is CCNC(=NCc1ccccc1CN1CCOCC1)NCCc1ccccc1F. The van der Waals surface area contributed by atoms with E-state index < -0.39 is 0 Å². The van der Waals surface area contributed by atoms with Gasteiger partial charge in [0.05, 0.1) is 19.8 Å². The molecule has 2 aromatic rings. The summed E-state index contributed by atoms with van der Waals surface area (Å²) in [5.41, 5.74) is 3.25. The molecule has 1 aliphatic heterocycles. The second-order valence-corrected chi connectivity index (χ2v) is 7.12. The fraction of sp³-hybridized carbons (Fsp3) is 0.435. The number of benzene rings is 2. The van der Waals surface area contributed by atoms with Crippen LogP contribution in [0.25, 0.3) is 0 Å². The third kappa shape index (κ3) is 6.84. The van der Waals surface area contributed by atoms with Crippen molar-refractivity contribution in [3.63, 3.8) is 0 Å². The molecular formula is C23H31FN4O. The van der Waals surface area contributed by atoms with Crippen LogP contribution < -0.4 is 10.6 Å². The average molecular weight is 399 g/mol. The van der Waals surface area contributed by atoms with Crippen LogP contribution >= 0.6 is 0 Å². The highest BCUT2D eigenvalue weighted by Crippen LogP contribution is 2.14. The maximum Gasteiger partial charge on any atom is 0.191 e. The Morgan fingerprint density at radius 1 is 1.00 bits per heavy atom. The van der Waals surface area contributed by atoms with E-state index in [-0.39, 0.29) is 5.82 Å². The van der Waals surface area contributed by atoms with Crippen molar-refractivity contribution in [3.8, 4) is 0 Å². The van der Waals surface area contributed by atoms with Gasteiger partial charge in [0.2, 0.25) is 0 Å². The number of rotatable bonds is 8. The van der Waals surface area contributed by atoms with Gasteiger partial charge in [-0.1, -0.05) is 42.5 Å². The maximum absolute atomic E-state index is 13.8. The first kappa shape index (κ1) is 21.3. The molecule has 0 atom stereocenters. The average Bonchev–Trinajstić information content (AvgIpc) is 2.75. The predicted molar refractivity (Wildman–Crippen MR) is 115 cm³/mol. The smallest absolute Gasteiger partial charge is 0.191 e. The first-order valence-corrected chi connectivity index (χ1v) is 10.4. The lowest BCUT2D eigenvalue weighted by Gasteiger charge is -2.27. The van der Waals surface area contributed by atoms with E-state index in [9.17, 15) is 4.39 Å². The van der Waals surface area contributed by atoms with Crippen molar-refractivity contribution in [2.24, 2.45) is 4.99 Å². The van der Waals surface area contributed by atoms with Crippen LogP contribution in [0.1, 0.15) is 23.6 Å². The van der Waals surface area contributed by atoms with E-state index in [2.05, 4.69) is 39.8 Å². The van der Waals surface area contributed by atoms with Gasteiger partial charge in [-0.05, 0) is 36.1 Å². The van der Waals surface area contributed by atoms with E-state index >= 15 is 0 Å². The molecule has 0 amide bonds. The summed E-state index contributed by atoms with van der Waals surface area (Å²) in [4.78, 5) is 7.17. The second-order valence-electron chi connectivity index (χ2n) is 7.12. The van der Waals surface area contributed by atoms with Crippen molar-refractivity contribution in [2.45, 2.75) is 26.4 Å². The summed E-state index contributed by atoms with van der Waals surface area (Å²) in [6, 6.07) is 15.4. The van der Waals surface area contributed by atoms with Gasteiger partial charge in [-0.2, -0.15) is 0 Å². The monoisotopic (exact) mass is 398 g/mol. The number of nitrogens with zero attached hydrogens (tertiary/aromatic N) is 2. The molecule has 2 aromatic carbocycles. The number of halogens is 1. The van der Waals surface area contributed by atoms with Crippen molar-refractivity contribution in [2.75, 3.05) is 39.4 Å². The molecular weight excluding hydrogens is 367 g/mol. The Kier molecular flexibility index (Phi) is 8.46. The molecule has 0 spiro atoms. The summed E-state index contributed by atoms with van der Waals surface area (Å²) in [5.74, 6) is 0.596. The van der Waals surface area contributed by atoms with Crippen LogP contribution in [0.15, 0.2) is 53.5 Å². The van der Waals surface area contributed by atoms with Crippen molar-refractivity contribution in [1.82, 2.24) is 15.5 Å². The largest absolute Gasteiger partial charge is 0.379 e. The fourth-order valence-electron chi connectivity index (χ4n) is 3.39. The number of nitrogens with one attached hydrogen (secondary N) is 2. The normalized spacial score (nSPS) is 15.3. The van der Waals surface area contributed by atoms with Crippen LogP contribution in [0.4, 0.5) is 4.39 Å². The van der Waals surface area contributed by atoms with E-state index in [1.165, 1.54) is 17.2 Å². The summed E-state index contributed by atoms with van der Waals surface area (Å²) in [5, 5.41) is 6.59. The molecule has 0 radical (unpaired) electrons. The molecule has 1 saturated heterocycles. The Bertz CT molecular complexity index is 790. The first-order valence-electron chi connectivity index (χ1n) is 10.4. The van der Waals surface area contributed by atoms with Gasteiger partial charge < -0.3 is 15.4 Å². The molecule has 6 heteroatoms. The third-order valence-corrected chi connectivity index (χ3v) is 5.01. The van der Waals surface area contributed by atoms with Gasteiger partial charge in [0.1, 0.15) is 5.82 Å². The summed E-state index contributed by atoms with van der Waals surface area (Å²) in [6.07, 6.45) is 0.616. The first-order chi connectivity index (χ1) is 14.3. The second kappa shape index (κ2) is 11.5. The molecule has 0 saturated carbocycles. The van der Waals surface area contributed by atoms with E-state index in [1.807, 2.05) is 19.1 Å². The summed E-state index contributed by atoms with van der Waals surface area (Å²) in [7, 11) is 0. The molecule has 156 valence electrons. The van der Waals surface area contributed by atoms with Crippen molar-refractivity contribution in [1.29, 1.82) is 0 Å². The Morgan fingerprint density at radius 3 is 2.41 bits per heavy atom. The minimum Gasteiger partial charge on any atom is -0.379 e. The highest BCUT2D eigenvalue weighted by atomic mass is 19.1. The summed E-state index contributed by atoms with van der Waals surface area (Å²) < 4.78 is 19.2. The molecule has 1 fully saturated rings. The number of hydrogen-bond acceptors (Lipinski definition) is 3. The predicted octanol–water partition coefficient (Wildman–Crippen LogP) is 2.96. The van der Waals surface area contributed by atoms with Gasteiger partial charge in [0.25, 0.3) is 0 Å². The van der Waals surface area contributed by atoms with Crippen LogP contribution in [-0.4, -0.2) is 50.3 Å². The highest BCUT2D eigenvalue weighted by Gasteiger charge is 2.12. The number of aliphatic imine (C=N–C) groups is 1. The topological polar surface area (TPSA) is 48.9 Å². The minimum absolute atomic E-state index is 0.159. The molecule has 0 unspecified atom stereocenters. The standard InChI is InChI=1S/C23H31FN4O/c1-2-25-23(26-12-11-19-7-5-6-10-22(19)24)27-17-20-8-3-4-9-21(20)18-28-13-15-29-16-14-28/h3-10H,2,11-18H2,1H3,(H2,25,26,27). The van der Waals surface area contributed by atoms with Crippen molar-refractivity contribution in [3.05, 3.63) is 71.0 Å². The van der Waals surface area contributed by atoms with Crippen LogP contribution in [-0.2, 0) is 24.2 Å². The third-order valence-electron chi connectivity index (χ3n) is 5.01. The zero-order chi connectivity index (χ0) is 20.3. The molecule has 1 heterocycles. The number of guanidine groups is 1. The molecule has 1 aliphatic rings. The van der Waals surface area contributed by atoms with Crippen molar-refractivity contribution >= 4 is 5.96 Å². The lowest BCUT2D eigenvalue weighted by molar-refractivity contribution is 0.0341. The van der Waals surface area contributed by atoms with Crippen LogP contribution in [0, 0.1) is 5.82 Å². The van der Waals surface area contributed by atoms with E-state index in [1.54, 1.807) is 6.07 Å². The van der Waals surface area contributed by atoms with Gasteiger partial charge in [0.15, 0.2) is 5.96 Å². The van der Waals surface area contributed by atoms with Crippen molar-refractivity contribution < 1.29 is 9.13 Å². The number of hydrogen-bond donors (Lipinski definition) is 2. The van der Waals surface area contributed by atoms with Crippen LogP contribution in [0.5, 0.6) is 0 Å². The zero-order valence-electron chi connectivity index (χ0n) is 17.2. The lowest BCUT2D eigenvalue weighted by Crippen LogP contribution is -2.38. The molecule has 0 aromatic heterocycles. The minimum atomic E-state index is -0.159.